The lowest BCUT2D eigenvalue weighted by molar-refractivity contribution is 0.618. The molecule has 0 bridgehead atoms. The van der Waals surface area contributed by atoms with Gasteiger partial charge < -0.3 is 5.73 Å². The number of nitrogens with zero attached hydrogens (tertiary/aromatic N) is 1. The zero-order chi connectivity index (χ0) is 13.6. The van der Waals surface area contributed by atoms with Gasteiger partial charge in [0, 0.05) is 19.5 Å². The van der Waals surface area contributed by atoms with Crippen molar-refractivity contribution in [2.75, 3.05) is 5.73 Å². The Kier molecular flexibility index (Phi) is 0.492. The van der Waals surface area contributed by atoms with E-state index in [-0.39, 0.29) is 0 Å². The molecular formula is C7H9FN2. The SMILES string of the molecule is [2H]c1nc(C([2H])([2H])[2H])c(C([2H])([2H])[2H])c(F)c1N. The quantitative estimate of drug-likeness (QED) is 0.602. The van der Waals surface area contributed by atoms with Crippen molar-refractivity contribution >= 4 is 5.69 Å². The fraction of sp³-hybridized carbons (Fsp3) is 0.286. The molecule has 0 spiro atoms. The summed E-state index contributed by atoms with van der Waals surface area (Å²) in [6.45, 7) is -5.92. The summed E-state index contributed by atoms with van der Waals surface area (Å²) in [6.07, 6.45) is -0.790. The Morgan fingerprint density at radius 3 is 3.20 bits per heavy atom. The van der Waals surface area contributed by atoms with Crippen LogP contribution in [0.1, 0.15) is 20.9 Å². The number of nitrogens with two attached hydrogens (primary N) is 1. The third-order valence-electron chi connectivity index (χ3n) is 0.981. The topological polar surface area (TPSA) is 38.9 Å². The highest BCUT2D eigenvalue weighted by Gasteiger charge is 2.03. The van der Waals surface area contributed by atoms with Gasteiger partial charge in [-0.2, -0.15) is 0 Å². The number of rotatable bonds is 0. The first-order valence-electron chi connectivity index (χ1n) is 5.92. The minimum absolute atomic E-state index is 0.774. The number of halogens is 1. The summed E-state index contributed by atoms with van der Waals surface area (Å²) in [4.78, 5) is 3.25. The van der Waals surface area contributed by atoms with E-state index in [1.165, 1.54) is 0 Å². The largest absolute Gasteiger partial charge is 0.395 e. The van der Waals surface area contributed by atoms with Crippen LogP contribution in [0.15, 0.2) is 6.17 Å². The van der Waals surface area contributed by atoms with E-state index in [1.807, 2.05) is 0 Å². The van der Waals surface area contributed by atoms with Gasteiger partial charge in [-0.1, -0.05) is 0 Å². The highest BCUT2D eigenvalue weighted by molar-refractivity contribution is 5.41. The standard InChI is InChI=1S/C7H9FN2/c1-4-5(2)10-3-6(9)7(4)8/h3H,9H2,1-2H3/i1D3,2D3,3D. The number of hydrogen-bond donors (Lipinski definition) is 1. The van der Waals surface area contributed by atoms with Crippen molar-refractivity contribution in [3.63, 3.8) is 0 Å². The molecule has 0 aliphatic carbocycles. The molecular weight excluding hydrogens is 131 g/mol. The van der Waals surface area contributed by atoms with Crippen LogP contribution in [0.25, 0.3) is 0 Å². The molecule has 0 aliphatic heterocycles. The molecule has 1 rings (SSSR count). The average Bonchev–Trinajstić information content (AvgIpc) is 2.09. The molecule has 1 aromatic heterocycles. The van der Waals surface area contributed by atoms with E-state index in [0.717, 1.165) is 0 Å². The second-order valence-electron chi connectivity index (χ2n) is 1.67. The molecule has 3 heteroatoms. The van der Waals surface area contributed by atoms with Gasteiger partial charge in [-0.15, -0.1) is 0 Å². The van der Waals surface area contributed by atoms with E-state index in [2.05, 4.69) is 4.98 Å². The summed E-state index contributed by atoms with van der Waals surface area (Å²) in [5.41, 5.74) is 2.36. The summed E-state index contributed by atoms with van der Waals surface area (Å²) in [5.74, 6) is -1.42. The van der Waals surface area contributed by atoms with E-state index in [1.54, 1.807) is 0 Å². The van der Waals surface area contributed by atoms with Gasteiger partial charge in [-0.05, 0) is 13.7 Å². The summed E-state index contributed by atoms with van der Waals surface area (Å²) in [6, 6.07) is 0. The molecule has 1 heterocycles. The van der Waals surface area contributed by atoms with Gasteiger partial charge in [0.05, 0.1) is 13.2 Å². The Labute approximate surface area is 68.7 Å². The average molecular weight is 147 g/mol. The van der Waals surface area contributed by atoms with Crippen LogP contribution in [0.5, 0.6) is 0 Å². The van der Waals surface area contributed by atoms with Gasteiger partial charge in [0.25, 0.3) is 0 Å². The molecule has 2 N–H and O–H groups in total. The summed E-state index contributed by atoms with van der Waals surface area (Å²) in [7, 11) is 0. The van der Waals surface area contributed by atoms with E-state index >= 15 is 0 Å². The van der Waals surface area contributed by atoms with Gasteiger partial charge in [0.15, 0.2) is 5.82 Å². The number of anilines is 1. The molecule has 10 heavy (non-hydrogen) atoms. The van der Waals surface area contributed by atoms with Crippen molar-refractivity contribution in [3.05, 3.63) is 23.2 Å². The lowest BCUT2D eigenvalue weighted by Crippen LogP contribution is -1.97. The Hall–Kier alpha value is -1.12. The molecule has 0 amide bonds. The summed E-state index contributed by atoms with van der Waals surface area (Å²) >= 11 is 0. The second-order valence-corrected chi connectivity index (χ2v) is 1.67. The van der Waals surface area contributed by atoms with Crippen molar-refractivity contribution in [3.8, 4) is 0 Å². The van der Waals surface area contributed by atoms with Crippen molar-refractivity contribution in [1.29, 1.82) is 0 Å². The van der Waals surface area contributed by atoms with Gasteiger partial charge in [-0.25, -0.2) is 4.39 Å². The maximum absolute atomic E-state index is 13.7. The van der Waals surface area contributed by atoms with Crippen LogP contribution < -0.4 is 5.73 Å². The predicted molar refractivity (Wildman–Crippen MR) is 38.1 cm³/mol. The van der Waals surface area contributed by atoms with Gasteiger partial charge in [0.1, 0.15) is 0 Å². The van der Waals surface area contributed by atoms with Crippen molar-refractivity contribution < 1.29 is 14.0 Å². The van der Waals surface area contributed by atoms with Crippen LogP contribution in [-0.4, -0.2) is 4.98 Å². The molecule has 0 unspecified atom stereocenters. The summed E-state index contributed by atoms with van der Waals surface area (Å²) in [5, 5.41) is 0. The first-order chi connectivity index (χ1) is 7.46. The second kappa shape index (κ2) is 2.25. The number of aromatic nitrogens is 1. The number of pyridine rings is 1. The molecule has 0 radical (unpaired) electrons. The lowest BCUT2D eigenvalue weighted by atomic mass is 10.2. The first-order valence-corrected chi connectivity index (χ1v) is 2.42. The van der Waals surface area contributed by atoms with Crippen LogP contribution in [0.3, 0.4) is 0 Å². The molecule has 0 aromatic carbocycles. The first kappa shape index (κ1) is 2.19. The van der Waals surface area contributed by atoms with Gasteiger partial charge in [-0.3, -0.25) is 4.98 Å². The molecule has 2 nitrogen and oxygen atoms in total. The van der Waals surface area contributed by atoms with Crippen LogP contribution in [-0.2, 0) is 0 Å². The van der Waals surface area contributed by atoms with Crippen LogP contribution in [0.4, 0.5) is 10.1 Å². The summed E-state index contributed by atoms with van der Waals surface area (Å²) < 4.78 is 63.4. The van der Waals surface area contributed by atoms with Crippen molar-refractivity contribution in [2.24, 2.45) is 0 Å². The minimum Gasteiger partial charge on any atom is -0.395 e. The fourth-order valence-corrected chi connectivity index (χ4v) is 0.460. The Bertz CT molecular complexity index is 451. The number of nitrogen functional groups attached to an aromatic ring is 1. The Morgan fingerprint density at radius 1 is 1.80 bits per heavy atom. The molecule has 0 aliphatic rings. The molecule has 0 fully saturated rings. The zero-order valence-electron chi connectivity index (χ0n) is 11.9. The molecule has 54 valence electrons. The van der Waals surface area contributed by atoms with E-state index in [0.29, 0.717) is 0 Å². The maximum atomic E-state index is 13.7. The third kappa shape index (κ3) is 0.943. The monoisotopic (exact) mass is 147 g/mol. The highest BCUT2D eigenvalue weighted by Crippen LogP contribution is 2.14. The third-order valence-corrected chi connectivity index (χ3v) is 0.981. The minimum atomic E-state index is -3.00. The highest BCUT2D eigenvalue weighted by atomic mass is 19.1. The van der Waals surface area contributed by atoms with Crippen molar-refractivity contribution in [2.45, 2.75) is 13.7 Å². The Balaban J connectivity index is 3.71. The molecule has 0 saturated heterocycles. The van der Waals surface area contributed by atoms with Crippen LogP contribution in [0, 0.1) is 19.5 Å². The molecule has 0 atom stereocenters. The normalized spacial score (nSPS) is 22.7. The number of hydrogen-bond acceptors (Lipinski definition) is 2. The van der Waals surface area contributed by atoms with E-state index < -0.39 is 42.6 Å². The maximum Gasteiger partial charge on any atom is 0.152 e. The predicted octanol–water partition coefficient (Wildman–Crippen LogP) is 1.42. The fourth-order valence-electron chi connectivity index (χ4n) is 0.460. The van der Waals surface area contributed by atoms with Gasteiger partial charge in [0.2, 0.25) is 0 Å². The smallest absolute Gasteiger partial charge is 0.152 e. The van der Waals surface area contributed by atoms with E-state index in [9.17, 15) is 4.39 Å². The number of aryl methyl sites for hydroxylation is 1. The van der Waals surface area contributed by atoms with Crippen LogP contribution in [0.2, 0.25) is 0 Å². The van der Waals surface area contributed by atoms with Crippen molar-refractivity contribution in [1.82, 2.24) is 4.98 Å². The van der Waals surface area contributed by atoms with E-state index in [4.69, 9.17) is 15.3 Å². The zero-order valence-corrected chi connectivity index (χ0v) is 4.90. The van der Waals surface area contributed by atoms with Gasteiger partial charge >= 0.3 is 0 Å². The van der Waals surface area contributed by atoms with Crippen LogP contribution >= 0.6 is 0 Å². The molecule has 0 saturated carbocycles. The lowest BCUT2D eigenvalue weighted by Gasteiger charge is -2.01. The molecule has 1 aromatic rings. The Morgan fingerprint density at radius 2 is 2.60 bits per heavy atom.